The Labute approximate surface area is 71.5 Å². The van der Waals surface area contributed by atoms with Gasteiger partial charge in [-0.25, -0.2) is 4.98 Å². The van der Waals surface area contributed by atoms with Crippen LogP contribution in [0.4, 0.5) is 0 Å². The summed E-state index contributed by atoms with van der Waals surface area (Å²) in [5.74, 6) is 6.55. The molecule has 11 heavy (non-hydrogen) atoms. The van der Waals surface area contributed by atoms with Crippen LogP contribution in [0, 0.1) is 24.7 Å². The monoisotopic (exact) mass is 165 g/mol. The third kappa shape index (κ3) is 2.36. The molecular weight excluding hydrogens is 154 g/mol. The molecule has 1 heterocycles. The predicted octanol–water partition coefficient (Wildman–Crippen LogP) is 2.46. The number of hydrogen-bond donors (Lipinski definition) is 0. The lowest BCUT2D eigenvalue weighted by Gasteiger charge is -1.86. The smallest absolute Gasteiger partial charge is 0.126 e. The van der Waals surface area contributed by atoms with Crippen molar-refractivity contribution in [2.75, 3.05) is 0 Å². The van der Waals surface area contributed by atoms with Gasteiger partial charge in [-0.15, -0.1) is 11.3 Å². The Hall–Kier alpha value is -0.810. The number of thiazole rings is 1. The lowest BCUT2D eigenvalue weighted by Crippen LogP contribution is -1.80. The zero-order valence-corrected chi connectivity index (χ0v) is 7.83. The van der Waals surface area contributed by atoms with Crippen LogP contribution in [0.2, 0.25) is 0 Å². The first kappa shape index (κ1) is 8.29. The molecule has 0 spiro atoms. The van der Waals surface area contributed by atoms with Crippen LogP contribution in [0.25, 0.3) is 0 Å². The molecule has 0 N–H and O–H groups in total. The highest BCUT2D eigenvalue weighted by Gasteiger charge is 1.94. The van der Waals surface area contributed by atoms with Crippen LogP contribution in [0.5, 0.6) is 0 Å². The molecule has 0 radical (unpaired) electrons. The molecular formula is C9H11NS. The van der Waals surface area contributed by atoms with Crippen molar-refractivity contribution in [2.45, 2.75) is 20.8 Å². The molecule has 0 bridgehead atoms. The van der Waals surface area contributed by atoms with Gasteiger partial charge in [0.15, 0.2) is 0 Å². The van der Waals surface area contributed by atoms with Gasteiger partial charge in [0, 0.05) is 10.8 Å². The number of hydrogen-bond acceptors (Lipinski definition) is 2. The van der Waals surface area contributed by atoms with E-state index in [1.165, 1.54) is 4.88 Å². The van der Waals surface area contributed by atoms with Gasteiger partial charge in [0.05, 0.1) is 5.51 Å². The number of rotatable bonds is 0. The minimum Gasteiger partial charge on any atom is -0.236 e. The summed E-state index contributed by atoms with van der Waals surface area (Å²) in [6, 6.07) is 0. The van der Waals surface area contributed by atoms with Gasteiger partial charge in [-0.05, 0) is 12.8 Å². The van der Waals surface area contributed by atoms with E-state index in [0.717, 1.165) is 5.69 Å². The standard InChI is InChI=1S/C9H11NS/c1-7(2)4-5-9-8(3)11-6-10-9/h6-7H,1-3H3. The summed E-state index contributed by atoms with van der Waals surface area (Å²) in [5.41, 5.74) is 2.77. The van der Waals surface area contributed by atoms with E-state index < -0.39 is 0 Å². The Balaban J connectivity index is 2.81. The van der Waals surface area contributed by atoms with Gasteiger partial charge in [-0.2, -0.15) is 0 Å². The van der Waals surface area contributed by atoms with E-state index in [9.17, 15) is 0 Å². The Morgan fingerprint density at radius 2 is 2.27 bits per heavy atom. The second-order valence-electron chi connectivity index (χ2n) is 2.68. The summed E-state index contributed by atoms with van der Waals surface area (Å²) < 4.78 is 0. The normalized spacial score (nSPS) is 9.45. The van der Waals surface area contributed by atoms with Gasteiger partial charge >= 0.3 is 0 Å². The first-order valence-electron chi connectivity index (χ1n) is 3.62. The number of aromatic nitrogens is 1. The topological polar surface area (TPSA) is 12.9 Å². The van der Waals surface area contributed by atoms with Gasteiger partial charge in [0.25, 0.3) is 0 Å². The lowest BCUT2D eigenvalue weighted by molar-refractivity contribution is 0.866. The average molecular weight is 165 g/mol. The zero-order chi connectivity index (χ0) is 8.27. The van der Waals surface area contributed by atoms with E-state index in [-0.39, 0.29) is 0 Å². The summed E-state index contributed by atoms with van der Waals surface area (Å²) in [6.45, 7) is 6.20. The number of nitrogens with zero attached hydrogens (tertiary/aromatic N) is 1. The van der Waals surface area contributed by atoms with Crippen molar-refractivity contribution in [1.29, 1.82) is 0 Å². The van der Waals surface area contributed by atoms with Crippen molar-refractivity contribution in [1.82, 2.24) is 4.98 Å². The molecule has 1 aromatic heterocycles. The highest BCUT2D eigenvalue weighted by molar-refractivity contribution is 7.09. The molecule has 0 atom stereocenters. The second kappa shape index (κ2) is 3.54. The van der Waals surface area contributed by atoms with E-state index in [4.69, 9.17) is 0 Å². The zero-order valence-electron chi connectivity index (χ0n) is 7.01. The highest BCUT2D eigenvalue weighted by atomic mass is 32.1. The predicted molar refractivity (Wildman–Crippen MR) is 48.6 cm³/mol. The summed E-state index contributed by atoms with van der Waals surface area (Å²) in [6.07, 6.45) is 0. The molecule has 0 aliphatic rings. The number of aryl methyl sites for hydroxylation is 1. The van der Waals surface area contributed by atoms with Crippen molar-refractivity contribution in [3.05, 3.63) is 16.1 Å². The second-order valence-corrected chi connectivity index (χ2v) is 3.74. The van der Waals surface area contributed by atoms with E-state index in [2.05, 4.69) is 30.7 Å². The van der Waals surface area contributed by atoms with Crippen LogP contribution < -0.4 is 0 Å². The van der Waals surface area contributed by atoms with Crippen molar-refractivity contribution in [3.63, 3.8) is 0 Å². The molecule has 0 saturated carbocycles. The summed E-state index contributed by atoms with van der Waals surface area (Å²) in [5, 5.41) is 0. The Morgan fingerprint density at radius 3 is 2.73 bits per heavy atom. The fourth-order valence-corrected chi connectivity index (χ4v) is 1.17. The summed E-state index contributed by atoms with van der Waals surface area (Å²) >= 11 is 1.64. The van der Waals surface area contributed by atoms with Crippen molar-refractivity contribution >= 4 is 11.3 Å². The molecule has 0 fully saturated rings. The summed E-state index contributed by atoms with van der Waals surface area (Å²) in [4.78, 5) is 5.34. The molecule has 1 nitrogen and oxygen atoms in total. The SMILES string of the molecule is Cc1scnc1C#CC(C)C. The van der Waals surface area contributed by atoms with Crippen LogP contribution in [0.15, 0.2) is 5.51 Å². The van der Waals surface area contributed by atoms with Crippen LogP contribution >= 0.6 is 11.3 Å². The molecule has 0 aliphatic heterocycles. The van der Waals surface area contributed by atoms with Crippen molar-refractivity contribution < 1.29 is 0 Å². The molecule has 2 heteroatoms. The molecule has 0 unspecified atom stereocenters. The van der Waals surface area contributed by atoms with Crippen molar-refractivity contribution in [3.8, 4) is 11.8 Å². The summed E-state index contributed by atoms with van der Waals surface area (Å²) in [7, 11) is 0. The van der Waals surface area contributed by atoms with Gasteiger partial charge in [-0.1, -0.05) is 19.8 Å². The van der Waals surface area contributed by atoms with Crippen LogP contribution in [0.3, 0.4) is 0 Å². The Morgan fingerprint density at radius 1 is 1.55 bits per heavy atom. The van der Waals surface area contributed by atoms with Crippen LogP contribution in [0.1, 0.15) is 24.4 Å². The maximum absolute atomic E-state index is 4.13. The maximum atomic E-state index is 4.13. The van der Waals surface area contributed by atoms with E-state index in [1.807, 2.05) is 12.4 Å². The molecule has 58 valence electrons. The molecule has 1 aromatic rings. The van der Waals surface area contributed by atoms with Gasteiger partial charge in [0.1, 0.15) is 5.69 Å². The first-order valence-corrected chi connectivity index (χ1v) is 4.49. The van der Waals surface area contributed by atoms with Crippen molar-refractivity contribution in [2.24, 2.45) is 5.92 Å². The van der Waals surface area contributed by atoms with E-state index in [0.29, 0.717) is 5.92 Å². The largest absolute Gasteiger partial charge is 0.236 e. The molecule has 0 aliphatic carbocycles. The maximum Gasteiger partial charge on any atom is 0.126 e. The quantitative estimate of drug-likeness (QED) is 0.538. The third-order valence-corrected chi connectivity index (χ3v) is 1.98. The Bertz CT molecular complexity index is 288. The van der Waals surface area contributed by atoms with Crippen LogP contribution in [-0.4, -0.2) is 4.98 Å². The van der Waals surface area contributed by atoms with Gasteiger partial charge < -0.3 is 0 Å². The highest BCUT2D eigenvalue weighted by Crippen LogP contribution is 2.09. The fraction of sp³-hybridized carbons (Fsp3) is 0.444. The fourth-order valence-electron chi connectivity index (χ4n) is 0.638. The van der Waals surface area contributed by atoms with E-state index >= 15 is 0 Å². The average Bonchev–Trinajstić information content (AvgIpc) is 2.31. The Kier molecular flexibility index (Phi) is 2.67. The lowest BCUT2D eigenvalue weighted by atomic mass is 10.2. The minimum atomic E-state index is 0.427. The first-order chi connectivity index (χ1) is 5.20. The minimum absolute atomic E-state index is 0.427. The third-order valence-electron chi connectivity index (χ3n) is 1.22. The molecule has 1 rings (SSSR count). The van der Waals surface area contributed by atoms with Crippen LogP contribution in [-0.2, 0) is 0 Å². The molecule has 0 aromatic carbocycles. The van der Waals surface area contributed by atoms with E-state index in [1.54, 1.807) is 11.3 Å². The van der Waals surface area contributed by atoms with Gasteiger partial charge in [0.2, 0.25) is 0 Å². The molecule has 0 saturated heterocycles. The molecule has 0 amide bonds. The van der Waals surface area contributed by atoms with Gasteiger partial charge in [-0.3, -0.25) is 0 Å².